The Balaban J connectivity index is 1.02. The maximum absolute atomic E-state index is 13.1. The minimum Gasteiger partial charge on any atom is -0.289 e. The Hall–Kier alpha value is -3.28. The van der Waals surface area contributed by atoms with Crippen LogP contribution in [0.15, 0.2) is 60.7 Å². The van der Waals surface area contributed by atoms with Gasteiger partial charge in [0.1, 0.15) is 0 Å². The van der Waals surface area contributed by atoms with Crippen molar-refractivity contribution in [3.8, 4) is 0 Å². The summed E-state index contributed by atoms with van der Waals surface area (Å²) in [6.07, 6.45) is 6.94. The van der Waals surface area contributed by atoms with Gasteiger partial charge in [-0.3, -0.25) is 19.2 Å². The molecule has 0 unspecified atom stereocenters. The number of fused-ring (bicyclic) bond motifs is 4. The third kappa shape index (κ3) is 5.32. The first-order valence-electron chi connectivity index (χ1n) is 14.6. The molecule has 44 heavy (non-hydrogen) atoms. The number of carbonyl (C=O) groups excluding carboxylic acids is 4. The molecule has 4 nitrogen and oxygen atoms in total. The highest BCUT2D eigenvalue weighted by atomic mass is 35.5. The molecule has 0 N–H and O–H groups in total. The summed E-state index contributed by atoms with van der Waals surface area (Å²) >= 11 is 26.2. The molecule has 0 aliphatic heterocycles. The van der Waals surface area contributed by atoms with Gasteiger partial charge in [0.15, 0.2) is 23.1 Å². The van der Waals surface area contributed by atoms with E-state index in [4.69, 9.17) is 46.4 Å². The van der Waals surface area contributed by atoms with E-state index in [0.717, 1.165) is 49.7 Å². The number of ketones is 4. The fraction of sp³-hybridized carbons (Fsp3) is 0.222. The van der Waals surface area contributed by atoms with Crippen LogP contribution < -0.4 is 0 Å². The molecule has 0 atom stereocenters. The van der Waals surface area contributed by atoms with Gasteiger partial charge in [0, 0.05) is 33.4 Å². The summed E-state index contributed by atoms with van der Waals surface area (Å²) in [7, 11) is 0. The van der Waals surface area contributed by atoms with Gasteiger partial charge in [-0.15, -0.1) is 0 Å². The number of hydrogen-bond donors (Lipinski definition) is 0. The summed E-state index contributed by atoms with van der Waals surface area (Å²) in [6.45, 7) is 0. The van der Waals surface area contributed by atoms with E-state index in [-0.39, 0.29) is 44.3 Å². The van der Waals surface area contributed by atoms with Crippen molar-refractivity contribution in [2.75, 3.05) is 0 Å². The molecule has 222 valence electrons. The molecule has 0 bridgehead atoms. The maximum atomic E-state index is 13.1. The number of carbonyl (C=O) groups is 4. The molecule has 0 spiro atoms. The van der Waals surface area contributed by atoms with Gasteiger partial charge >= 0.3 is 0 Å². The number of hydrogen-bond acceptors (Lipinski definition) is 4. The Morgan fingerprint density at radius 1 is 0.386 bits per heavy atom. The molecule has 2 aliphatic rings. The lowest BCUT2D eigenvalue weighted by atomic mass is 9.83. The largest absolute Gasteiger partial charge is 0.289 e. The van der Waals surface area contributed by atoms with Gasteiger partial charge in [0.2, 0.25) is 0 Å². The van der Waals surface area contributed by atoms with E-state index in [0.29, 0.717) is 56.3 Å². The van der Waals surface area contributed by atoms with Crippen LogP contribution in [0.1, 0.15) is 113 Å². The van der Waals surface area contributed by atoms with E-state index in [2.05, 4.69) is 0 Å². The summed E-state index contributed by atoms with van der Waals surface area (Å²) in [5, 5.41) is 0.942. The van der Waals surface area contributed by atoms with Crippen LogP contribution in [0.4, 0.5) is 0 Å². The zero-order chi connectivity index (χ0) is 31.1. The highest BCUT2D eigenvalue weighted by Crippen LogP contribution is 2.40. The molecule has 0 fully saturated rings. The van der Waals surface area contributed by atoms with E-state index in [1.165, 1.54) is 0 Å². The molecule has 0 heterocycles. The highest BCUT2D eigenvalue weighted by molar-refractivity contribution is 6.47. The lowest BCUT2D eigenvalue weighted by Crippen LogP contribution is -2.22. The standard InChI is InChI=1S/C36H26Cl4O4/c37-29-19(17-25-27(31(29)39)35(43)23-15-9-7-13-21(23)33(25)41)11-5-3-1-2-4-6-12-20-18-26-28(32(40)30(20)38)36(44)24-16-10-8-14-22(24)34(26)42/h7-10,13-18H,1-6,11-12H2. The minimum absolute atomic E-state index is 0.142. The highest BCUT2D eigenvalue weighted by Gasteiger charge is 2.34. The number of aryl methyl sites for hydroxylation is 2. The van der Waals surface area contributed by atoms with Gasteiger partial charge in [-0.05, 0) is 48.9 Å². The number of rotatable bonds is 9. The number of unbranched alkanes of at least 4 members (excludes halogenated alkanes) is 5. The second-order valence-corrected chi connectivity index (χ2v) is 12.7. The topological polar surface area (TPSA) is 68.3 Å². The zero-order valence-electron chi connectivity index (χ0n) is 23.6. The average molecular weight is 664 g/mol. The van der Waals surface area contributed by atoms with Crippen molar-refractivity contribution in [1.29, 1.82) is 0 Å². The van der Waals surface area contributed by atoms with E-state index in [1.54, 1.807) is 60.7 Å². The molecule has 0 radical (unpaired) electrons. The van der Waals surface area contributed by atoms with E-state index >= 15 is 0 Å². The van der Waals surface area contributed by atoms with Gasteiger partial charge in [-0.25, -0.2) is 0 Å². The third-order valence-electron chi connectivity index (χ3n) is 8.48. The summed E-state index contributed by atoms with van der Waals surface area (Å²) in [5.41, 5.74) is 4.01. The molecule has 2 aliphatic carbocycles. The minimum atomic E-state index is -0.280. The second kappa shape index (κ2) is 12.6. The average Bonchev–Trinajstić information content (AvgIpc) is 3.03. The summed E-state index contributed by atoms with van der Waals surface area (Å²) in [5.74, 6) is -0.983. The molecule has 0 saturated carbocycles. The molecule has 0 saturated heterocycles. The van der Waals surface area contributed by atoms with Crippen molar-refractivity contribution >= 4 is 69.5 Å². The Kier molecular flexibility index (Phi) is 8.81. The molecule has 6 rings (SSSR count). The molecule has 8 heteroatoms. The number of halogens is 4. The smallest absolute Gasteiger partial charge is 0.196 e. The third-order valence-corrected chi connectivity index (χ3v) is 10.3. The van der Waals surface area contributed by atoms with E-state index in [1.807, 2.05) is 0 Å². The van der Waals surface area contributed by atoms with E-state index in [9.17, 15) is 19.2 Å². The Labute approximate surface area is 275 Å². The van der Waals surface area contributed by atoms with Crippen molar-refractivity contribution in [1.82, 2.24) is 0 Å². The van der Waals surface area contributed by atoms with Crippen molar-refractivity contribution in [3.05, 3.63) is 136 Å². The lowest BCUT2D eigenvalue weighted by molar-refractivity contribution is 0.0979. The van der Waals surface area contributed by atoms with Crippen LogP contribution in [0, 0.1) is 0 Å². The number of benzene rings is 4. The lowest BCUT2D eigenvalue weighted by Gasteiger charge is -2.21. The predicted octanol–water partition coefficient (Wildman–Crippen LogP) is 9.98. The molecule has 4 aromatic rings. The fourth-order valence-corrected chi connectivity index (χ4v) is 7.28. The van der Waals surface area contributed by atoms with Crippen molar-refractivity contribution < 1.29 is 19.2 Å². The van der Waals surface area contributed by atoms with Crippen LogP contribution in [0.2, 0.25) is 20.1 Å². The first kappa shape index (κ1) is 30.7. The van der Waals surface area contributed by atoms with Crippen LogP contribution in [0.25, 0.3) is 0 Å². The van der Waals surface area contributed by atoms with Crippen LogP contribution in [0.5, 0.6) is 0 Å². The first-order chi connectivity index (χ1) is 21.2. The summed E-state index contributed by atoms with van der Waals surface area (Å²) in [4.78, 5) is 52.4. The maximum Gasteiger partial charge on any atom is 0.196 e. The van der Waals surface area contributed by atoms with Gasteiger partial charge in [-0.2, -0.15) is 0 Å². The molecular weight excluding hydrogens is 638 g/mol. The summed E-state index contributed by atoms with van der Waals surface area (Å²) < 4.78 is 0. The van der Waals surface area contributed by atoms with Crippen molar-refractivity contribution in [2.45, 2.75) is 51.4 Å². The zero-order valence-corrected chi connectivity index (χ0v) is 26.6. The molecule has 4 aromatic carbocycles. The normalized spacial score (nSPS) is 13.5. The van der Waals surface area contributed by atoms with E-state index < -0.39 is 0 Å². The van der Waals surface area contributed by atoms with Gasteiger partial charge in [-0.1, -0.05) is 121 Å². The van der Waals surface area contributed by atoms with Gasteiger partial charge < -0.3 is 0 Å². The van der Waals surface area contributed by atoms with Crippen LogP contribution in [-0.2, 0) is 12.8 Å². The Bertz CT molecular complexity index is 1750. The first-order valence-corrected chi connectivity index (χ1v) is 16.1. The van der Waals surface area contributed by atoms with Crippen molar-refractivity contribution in [2.24, 2.45) is 0 Å². The predicted molar refractivity (Wildman–Crippen MR) is 175 cm³/mol. The Morgan fingerprint density at radius 3 is 1.07 bits per heavy atom. The van der Waals surface area contributed by atoms with Gasteiger partial charge in [0.05, 0.1) is 31.2 Å². The second-order valence-electron chi connectivity index (χ2n) is 11.2. The van der Waals surface area contributed by atoms with Crippen LogP contribution >= 0.6 is 46.4 Å². The molecular formula is C36H26Cl4O4. The quantitative estimate of drug-likeness (QED) is 0.144. The van der Waals surface area contributed by atoms with Crippen molar-refractivity contribution in [3.63, 3.8) is 0 Å². The van der Waals surface area contributed by atoms with Crippen LogP contribution in [-0.4, -0.2) is 23.1 Å². The SMILES string of the molecule is O=C1c2ccccc2C(=O)c2c1cc(CCCCCCCCc1cc3c(c(Cl)c1Cl)C(=O)c1ccccc1C3=O)c(Cl)c2Cl. The summed E-state index contributed by atoms with van der Waals surface area (Å²) in [6, 6.07) is 17.0. The molecule has 0 amide bonds. The molecule has 0 aromatic heterocycles. The fourth-order valence-electron chi connectivity index (χ4n) is 6.18. The van der Waals surface area contributed by atoms with Crippen LogP contribution in [0.3, 0.4) is 0 Å². The monoisotopic (exact) mass is 662 g/mol. The Morgan fingerprint density at radius 2 is 0.705 bits per heavy atom. The van der Waals surface area contributed by atoms with Gasteiger partial charge in [0.25, 0.3) is 0 Å².